The molecule has 21 heavy (non-hydrogen) atoms. The van der Waals surface area contributed by atoms with Gasteiger partial charge in [0.1, 0.15) is 5.75 Å². The molecule has 0 aliphatic carbocycles. The van der Waals surface area contributed by atoms with Gasteiger partial charge in [0.15, 0.2) is 0 Å². The third-order valence-electron chi connectivity index (χ3n) is 3.13. The van der Waals surface area contributed by atoms with Gasteiger partial charge in [0.05, 0.1) is 11.1 Å². The maximum atomic E-state index is 12.8. The number of esters is 1. The van der Waals surface area contributed by atoms with E-state index in [0.29, 0.717) is 0 Å². The maximum Gasteiger partial charge on any atom is 0.416 e. The lowest BCUT2D eigenvalue weighted by Crippen LogP contribution is -2.04. The van der Waals surface area contributed by atoms with Crippen molar-refractivity contribution in [2.24, 2.45) is 0 Å². The van der Waals surface area contributed by atoms with Crippen LogP contribution in [0.1, 0.15) is 16.7 Å². The van der Waals surface area contributed by atoms with Crippen LogP contribution >= 0.6 is 0 Å². The Balaban J connectivity index is 2.10. The largest absolute Gasteiger partial charge is 0.422 e. The van der Waals surface area contributed by atoms with E-state index in [-0.39, 0.29) is 16.9 Å². The van der Waals surface area contributed by atoms with E-state index < -0.39 is 17.7 Å². The molecule has 2 aromatic rings. The van der Waals surface area contributed by atoms with E-state index in [2.05, 4.69) is 0 Å². The lowest BCUT2D eigenvalue weighted by Gasteiger charge is -2.07. The topological polar surface area (TPSA) is 26.3 Å². The quantitative estimate of drug-likeness (QED) is 0.448. The third kappa shape index (κ3) is 2.54. The van der Waals surface area contributed by atoms with Crippen LogP contribution in [-0.4, -0.2) is 5.97 Å². The Kier molecular flexibility index (Phi) is 3.05. The van der Waals surface area contributed by atoms with Gasteiger partial charge in [-0.25, -0.2) is 4.79 Å². The van der Waals surface area contributed by atoms with Crippen molar-refractivity contribution in [3.63, 3.8) is 0 Å². The minimum atomic E-state index is -4.46. The molecule has 0 spiro atoms. The van der Waals surface area contributed by atoms with Crippen LogP contribution < -0.4 is 4.74 Å². The number of benzene rings is 2. The Morgan fingerprint density at radius 1 is 1.00 bits per heavy atom. The minimum absolute atomic E-state index is 0.127. The highest BCUT2D eigenvalue weighted by Gasteiger charge is 2.34. The number of hydrogen-bond acceptors (Lipinski definition) is 2. The van der Waals surface area contributed by atoms with E-state index in [1.807, 2.05) is 6.07 Å². The van der Waals surface area contributed by atoms with Gasteiger partial charge in [0.25, 0.3) is 0 Å². The van der Waals surface area contributed by atoms with Crippen molar-refractivity contribution in [3.05, 3.63) is 65.2 Å². The molecule has 0 atom stereocenters. The number of carbonyl (C=O) groups excluding carboxylic acids is 1. The fourth-order valence-electron chi connectivity index (χ4n) is 2.12. The summed E-state index contributed by atoms with van der Waals surface area (Å²) in [5.41, 5.74) is 0.203. The van der Waals surface area contributed by atoms with Gasteiger partial charge < -0.3 is 4.74 Å². The molecule has 0 saturated carbocycles. The van der Waals surface area contributed by atoms with Crippen LogP contribution in [0.4, 0.5) is 13.2 Å². The summed E-state index contributed by atoms with van der Waals surface area (Å²) in [5.74, 6) is -0.497. The summed E-state index contributed by atoms with van der Waals surface area (Å²) in [4.78, 5) is 11.8. The van der Waals surface area contributed by atoms with Gasteiger partial charge >= 0.3 is 12.1 Å². The first kappa shape index (κ1) is 13.4. The number of carbonyl (C=O) groups is 1. The molecular weight excluding hydrogens is 281 g/mol. The van der Waals surface area contributed by atoms with Gasteiger partial charge in [-0.2, -0.15) is 13.2 Å². The zero-order valence-electron chi connectivity index (χ0n) is 10.6. The molecule has 0 N–H and O–H groups in total. The van der Waals surface area contributed by atoms with Gasteiger partial charge in [-0.05, 0) is 29.8 Å². The van der Waals surface area contributed by atoms with Crippen molar-refractivity contribution < 1.29 is 22.7 Å². The summed E-state index contributed by atoms with van der Waals surface area (Å²) in [7, 11) is 0. The molecule has 2 nitrogen and oxygen atoms in total. The molecule has 0 saturated heterocycles. The van der Waals surface area contributed by atoms with Crippen molar-refractivity contribution in [1.82, 2.24) is 0 Å². The summed E-state index contributed by atoms with van der Waals surface area (Å²) < 4.78 is 43.3. The number of rotatable bonds is 1. The highest BCUT2D eigenvalue weighted by molar-refractivity contribution is 6.26. The monoisotopic (exact) mass is 290 g/mol. The van der Waals surface area contributed by atoms with Crippen LogP contribution in [0.5, 0.6) is 5.75 Å². The lowest BCUT2D eigenvalue weighted by molar-refractivity contribution is -0.137. The van der Waals surface area contributed by atoms with E-state index >= 15 is 0 Å². The zero-order valence-corrected chi connectivity index (χ0v) is 10.6. The number of ether oxygens (including phenoxy) is 1. The summed E-state index contributed by atoms with van der Waals surface area (Å²) >= 11 is 0. The summed E-state index contributed by atoms with van der Waals surface area (Å²) in [5, 5.41) is 0. The summed E-state index contributed by atoms with van der Waals surface area (Å²) in [6, 6.07) is 11.9. The van der Waals surface area contributed by atoms with Crippen LogP contribution in [0.2, 0.25) is 0 Å². The summed E-state index contributed by atoms with van der Waals surface area (Å²) in [6.07, 6.45) is -2.94. The Morgan fingerprint density at radius 2 is 1.71 bits per heavy atom. The van der Waals surface area contributed by atoms with Gasteiger partial charge in [-0.1, -0.05) is 30.3 Å². The van der Waals surface area contributed by atoms with Gasteiger partial charge in [0.2, 0.25) is 0 Å². The average molecular weight is 290 g/mol. The molecular formula is C16H9F3O2. The zero-order chi connectivity index (χ0) is 15.0. The van der Waals surface area contributed by atoms with Crippen LogP contribution in [0.15, 0.2) is 48.5 Å². The van der Waals surface area contributed by atoms with E-state index in [1.165, 1.54) is 12.1 Å². The molecule has 1 aliphatic heterocycles. The van der Waals surface area contributed by atoms with Crippen LogP contribution in [0, 0.1) is 0 Å². The van der Waals surface area contributed by atoms with Gasteiger partial charge in [-0.3, -0.25) is 0 Å². The van der Waals surface area contributed by atoms with Crippen LogP contribution in [0.3, 0.4) is 0 Å². The van der Waals surface area contributed by atoms with Crippen molar-refractivity contribution in [2.75, 3.05) is 0 Å². The van der Waals surface area contributed by atoms with E-state index in [9.17, 15) is 18.0 Å². The molecule has 3 rings (SSSR count). The normalized spacial score (nSPS) is 16.0. The fourth-order valence-corrected chi connectivity index (χ4v) is 2.12. The van der Waals surface area contributed by atoms with Crippen molar-refractivity contribution >= 4 is 17.6 Å². The predicted octanol–water partition coefficient (Wildman–Crippen LogP) is 4.17. The standard InChI is InChI=1S/C16H9F3O2/c17-16(18,19)11-6-7-14-12(9-11)13(15(20)21-14)8-10-4-2-1-3-5-10/h1-9H/b13-8+. The molecule has 0 unspecified atom stereocenters. The average Bonchev–Trinajstić information content (AvgIpc) is 2.75. The number of fused-ring (bicyclic) bond motifs is 1. The van der Waals surface area contributed by atoms with Crippen LogP contribution in [-0.2, 0) is 11.0 Å². The van der Waals surface area contributed by atoms with Crippen LogP contribution in [0.25, 0.3) is 11.6 Å². The molecule has 1 heterocycles. The van der Waals surface area contributed by atoms with Gasteiger partial charge in [-0.15, -0.1) is 0 Å². The highest BCUT2D eigenvalue weighted by Crippen LogP contribution is 2.39. The summed E-state index contributed by atoms with van der Waals surface area (Å²) in [6.45, 7) is 0. The first-order valence-corrected chi connectivity index (χ1v) is 6.16. The Hall–Kier alpha value is -2.56. The maximum absolute atomic E-state index is 12.8. The van der Waals surface area contributed by atoms with Gasteiger partial charge in [0, 0.05) is 5.56 Å². The molecule has 0 aromatic heterocycles. The van der Waals surface area contributed by atoms with Crippen molar-refractivity contribution in [3.8, 4) is 5.75 Å². The molecule has 2 aromatic carbocycles. The highest BCUT2D eigenvalue weighted by atomic mass is 19.4. The first-order valence-electron chi connectivity index (χ1n) is 6.16. The molecule has 1 aliphatic rings. The van der Waals surface area contributed by atoms with Crippen molar-refractivity contribution in [1.29, 1.82) is 0 Å². The second-order valence-electron chi connectivity index (χ2n) is 4.57. The lowest BCUT2D eigenvalue weighted by atomic mass is 10.0. The molecule has 5 heteroatoms. The second kappa shape index (κ2) is 4.77. The molecule has 106 valence electrons. The molecule has 0 radical (unpaired) electrons. The number of alkyl halides is 3. The minimum Gasteiger partial charge on any atom is -0.422 e. The fraction of sp³-hybridized carbons (Fsp3) is 0.0625. The molecule has 0 bridgehead atoms. The predicted molar refractivity (Wildman–Crippen MR) is 71.4 cm³/mol. The number of halogens is 3. The van der Waals surface area contributed by atoms with E-state index in [1.54, 1.807) is 24.3 Å². The Labute approximate surface area is 118 Å². The number of hydrogen-bond donors (Lipinski definition) is 0. The first-order chi connectivity index (χ1) is 9.95. The second-order valence-corrected chi connectivity index (χ2v) is 4.57. The molecule has 0 amide bonds. The van der Waals surface area contributed by atoms with E-state index in [4.69, 9.17) is 4.74 Å². The molecule has 0 fully saturated rings. The smallest absolute Gasteiger partial charge is 0.416 e. The van der Waals surface area contributed by atoms with E-state index in [0.717, 1.165) is 17.7 Å². The SMILES string of the molecule is O=C1Oc2ccc(C(F)(F)F)cc2/C1=C\c1ccccc1. The third-order valence-corrected chi connectivity index (χ3v) is 3.13. The Bertz CT molecular complexity index is 731. The Morgan fingerprint density at radius 3 is 2.38 bits per heavy atom. The van der Waals surface area contributed by atoms with Crippen molar-refractivity contribution in [2.45, 2.75) is 6.18 Å².